The lowest BCUT2D eigenvalue weighted by Gasteiger charge is -2.11. The third-order valence-electron chi connectivity index (χ3n) is 2.73. The van der Waals surface area contributed by atoms with Gasteiger partial charge in [-0.2, -0.15) is 0 Å². The van der Waals surface area contributed by atoms with E-state index in [9.17, 15) is 19.7 Å². The number of nitrogens with one attached hydrogen (secondary N) is 1. The molecule has 0 saturated heterocycles. The van der Waals surface area contributed by atoms with Crippen molar-refractivity contribution in [1.82, 2.24) is 4.98 Å². The van der Waals surface area contributed by atoms with Gasteiger partial charge in [0.25, 0.3) is 5.69 Å². The summed E-state index contributed by atoms with van der Waals surface area (Å²) in [5.74, 6) is -2.72. The first-order chi connectivity index (χ1) is 10.4. The molecule has 2 aromatic rings. The Hall–Kier alpha value is -3.49. The Morgan fingerprint density at radius 1 is 1.09 bits per heavy atom. The number of carboxylic acids is 2. The van der Waals surface area contributed by atoms with E-state index in [1.54, 1.807) is 0 Å². The highest BCUT2D eigenvalue weighted by molar-refractivity contribution is 6.02. The molecule has 1 aromatic carbocycles. The lowest BCUT2D eigenvalue weighted by atomic mass is 10.1. The molecular formula is C13H9N3O6. The van der Waals surface area contributed by atoms with Crippen LogP contribution in [0.4, 0.5) is 17.1 Å². The number of rotatable bonds is 5. The van der Waals surface area contributed by atoms with Crippen molar-refractivity contribution in [3.63, 3.8) is 0 Å². The molecule has 0 saturated carbocycles. The summed E-state index contributed by atoms with van der Waals surface area (Å²) in [6, 6.07) is 6.24. The number of nitrogens with zero attached hydrogens (tertiary/aromatic N) is 2. The molecule has 112 valence electrons. The van der Waals surface area contributed by atoms with Crippen LogP contribution in [0.15, 0.2) is 36.5 Å². The number of carboxylic acid groups (broad SMARTS) is 2. The molecule has 9 heteroatoms. The summed E-state index contributed by atoms with van der Waals surface area (Å²) in [7, 11) is 0. The number of aromatic carboxylic acids is 2. The van der Waals surface area contributed by atoms with Crippen molar-refractivity contribution in [1.29, 1.82) is 0 Å². The summed E-state index contributed by atoms with van der Waals surface area (Å²) in [6.45, 7) is 0. The monoisotopic (exact) mass is 303 g/mol. The van der Waals surface area contributed by atoms with Crippen molar-refractivity contribution in [2.24, 2.45) is 0 Å². The number of hydrogen-bond acceptors (Lipinski definition) is 6. The zero-order chi connectivity index (χ0) is 16.3. The van der Waals surface area contributed by atoms with Gasteiger partial charge in [0.05, 0.1) is 16.2 Å². The zero-order valence-electron chi connectivity index (χ0n) is 10.9. The number of carbonyl (C=O) groups is 2. The van der Waals surface area contributed by atoms with E-state index >= 15 is 0 Å². The lowest BCUT2D eigenvalue weighted by molar-refractivity contribution is -0.384. The summed E-state index contributed by atoms with van der Waals surface area (Å²) in [4.78, 5) is 35.9. The quantitative estimate of drug-likeness (QED) is 0.563. The fourth-order valence-electron chi connectivity index (χ4n) is 1.74. The third-order valence-corrected chi connectivity index (χ3v) is 2.73. The summed E-state index contributed by atoms with van der Waals surface area (Å²) >= 11 is 0. The van der Waals surface area contributed by atoms with E-state index in [1.165, 1.54) is 24.3 Å². The predicted octanol–water partition coefficient (Wildman–Crippen LogP) is 2.13. The van der Waals surface area contributed by atoms with Crippen LogP contribution in [0.2, 0.25) is 0 Å². The number of hydrogen-bond donors (Lipinski definition) is 3. The van der Waals surface area contributed by atoms with Crippen LogP contribution in [-0.2, 0) is 0 Å². The molecule has 0 aliphatic heterocycles. The van der Waals surface area contributed by atoms with Crippen molar-refractivity contribution >= 4 is 29.0 Å². The van der Waals surface area contributed by atoms with E-state index < -0.39 is 22.6 Å². The summed E-state index contributed by atoms with van der Waals surface area (Å²) in [6.07, 6.45) is 1.08. The van der Waals surface area contributed by atoms with Crippen LogP contribution in [-0.4, -0.2) is 32.1 Å². The average molecular weight is 303 g/mol. The van der Waals surface area contributed by atoms with Gasteiger partial charge >= 0.3 is 11.9 Å². The normalized spacial score (nSPS) is 10.0. The van der Waals surface area contributed by atoms with Gasteiger partial charge in [0.15, 0.2) is 5.69 Å². The first-order valence-corrected chi connectivity index (χ1v) is 5.87. The molecule has 0 radical (unpaired) electrons. The van der Waals surface area contributed by atoms with Gasteiger partial charge in [0.2, 0.25) is 0 Å². The van der Waals surface area contributed by atoms with E-state index in [0.717, 1.165) is 12.3 Å². The SMILES string of the molecule is O=C(O)c1ccnc(C(=O)O)c1Nc1ccc([N+](=O)[O-])cc1. The van der Waals surface area contributed by atoms with Gasteiger partial charge < -0.3 is 15.5 Å². The Labute approximate surface area is 123 Å². The van der Waals surface area contributed by atoms with E-state index in [2.05, 4.69) is 10.3 Å². The molecule has 2 rings (SSSR count). The molecule has 1 heterocycles. The molecule has 0 spiro atoms. The standard InChI is InChI=1S/C13H9N3O6/c17-12(18)9-5-6-14-11(13(19)20)10(9)15-7-1-3-8(4-2-7)16(21)22/h1-6,15H,(H,17,18)(H,19,20). The Morgan fingerprint density at radius 3 is 2.23 bits per heavy atom. The topological polar surface area (TPSA) is 143 Å². The average Bonchev–Trinajstić information content (AvgIpc) is 2.47. The maximum absolute atomic E-state index is 11.2. The highest BCUT2D eigenvalue weighted by Gasteiger charge is 2.20. The third kappa shape index (κ3) is 2.98. The maximum atomic E-state index is 11.2. The van der Waals surface area contributed by atoms with Crippen molar-refractivity contribution in [2.75, 3.05) is 5.32 Å². The van der Waals surface area contributed by atoms with Crippen LogP contribution in [0.5, 0.6) is 0 Å². The van der Waals surface area contributed by atoms with Crippen LogP contribution in [0, 0.1) is 10.1 Å². The number of anilines is 2. The fraction of sp³-hybridized carbons (Fsp3) is 0. The molecular weight excluding hydrogens is 294 g/mol. The van der Waals surface area contributed by atoms with Gasteiger partial charge in [-0.3, -0.25) is 10.1 Å². The van der Waals surface area contributed by atoms with E-state index in [4.69, 9.17) is 10.2 Å². The van der Waals surface area contributed by atoms with Gasteiger partial charge in [-0.05, 0) is 18.2 Å². The molecule has 0 aliphatic carbocycles. The Balaban J connectivity index is 2.45. The van der Waals surface area contributed by atoms with Crippen molar-refractivity contribution in [3.8, 4) is 0 Å². The number of benzene rings is 1. The minimum Gasteiger partial charge on any atom is -0.478 e. The Kier molecular flexibility index (Phi) is 3.98. The minimum absolute atomic E-state index is 0.145. The summed E-state index contributed by atoms with van der Waals surface area (Å²) in [5, 5.41) is 31.4. The molecule has 1 aromatic heterocycles. The second-order valence-corrected chi connectivity index (χ2v) is 4.12. The fourth-order valence-corrected chi connectivity index (χ4v) is 1.74. The van der Waals surface area contributed by atoms with Crippen molar-refractivity contribution < 1.29 is 24.7 Å². The number of nitro benzene ring substituents is 1. The van der Waals surface area contributed by atoms with Gasteiger partial charge in [-0.25, -0.2) is 14.6 Å². The first kappa shape index (κ1) is 14.9. The molecule has 0 amide bonds. The molecule has 0 atom stereocenters. The molecule has 0 unspecified atom stereocenters. The Bertz CT molecular complexity index is 725. The highest BCUT2D eigenvalue weighted by atomic mass is 16.6. The highest BCUT2D eigenvalue weighted by Crippen LogP contribution is 2.25. The summed E-state index contributed by atoms with van der Waals surface area (Å²) in [5.41, 5.74) is -0.780. The number of non-ortho nitro benzene ring substituents is 1. The van der Waals surface area contributed by atoms with Crippen LogP contribution in [0.1, 0.15) is 20.8 Å². The Morgan fingerprint density at radius 2 is 1.73 bits per heavy atom. The summed E-state index contributed by atoms with van der Waals surface area (Å²) < 4.78 is 0. The van der Waals surface area contributed by atoms with Gasteiger partial charge in [-0.1, -0.05) is 0 Å². The van der Waals surface area contributed by atoms with Crippen LogP contribution in [0.25, 0.3) is 0 Å². The zero-order valence-corrected chi connectivity index (χ0v) is 10.9. The molecule has 22 heavy (non-hydrogen) atoms. The molecule has 0 bridgehead atoms. The number of nitro groups is 1. The maximum Gasteiger partial charge on any atom is 0.356 e. The van der Waals surface area contributed by atoms with Crippen molar-refractivity contribution in [3.05, 3.63) is 57.9 Å². The second kappa shape index (κ2) is 5.87. The number of pyridine rings is 1. The van der Waals surface area contributed by atoms with E-state index in [0.29, 0.717) is 5.69 Å². The number of aromatic nitrogens is 1. The van der Waals surface area contributed by atoms with Crippen molar-refractivity contribution in [2.45, 2.75) is 0 Å². The van der Waals surface area contributed by atoms with Crippen LogP contribution >= 0.6 is 0 Å². The van der Waals surface area contributed by atoms with Gasteiger partial charge in [-0.15, -0.1) is 0 Å². The van der Waals surface area contributed by atoms with Crippen LogP contribution < -0.4 is 5.32 Å². The molecule has 3 N–H and O–H groups in total. The largest absolute Gasteiger partial charge is 0.478 e. The van der Waals surface area contributed by atoms with Gasteiger partial charge in [0.1, 0.15) is 0 Å². The minimum atomic E-state index is -1.40. The smallest absolute Gasteiger partial charge is 0.356 e. The molecule has 9 nitrogen and oxygen atoms in total. The lowest BCUT2D eigenvalue weighted by Crippen LogP contribution is -2.11. The van der Waals surface area contributed by atoms with E-state index in [1.807, 2.05) is 0 Å². The first-order valence-electron chi connectivity index (χ1n) is 5.87. The molecule has 0 aliphatic rings. The van der Waals surface area contributed by atoms with E-state index in [-0.39, 0.29) is 16.9 Å². The van der Waals surface area contributed by atoms with Gasteiger partial charge in [0, 0.05) is 24.0 Å². The van der Waals surface area contributed by atoms with Crippen LogP contribution in [0.3, 0.4) is 0 Å². The predicted molar refractivity (Wildman–Crippen MR) is 74.5 cm³/mol. The molecule has 0 fully saturated rings. The second-order valence-electron chi connectivity index (χ2n) is 4.12.